The van der Waals surface area contributed by atoms with Crippen molar-refractivity contribution in [2.45, 2.75) is 13.0 Å². The molecule has 1 aliphatic rings. The van der Waals surface area contributed by atoms with Crippen LogP contribution < -0.4 is 0 Å². The number of nitrogens with one attached hydrogen (secondary N) is 1. The summed E-state index contributed by atoms with van der Waals surface area (Å²) in [6.07, 6.45) is 0.862. The number of halogens is 2. The summed E-state index contributed by atoms with van der Waals surface area (Å²) in [6.45, 7) is 1.31. The van der Waals surface area contributed by atoms with E-state index in [1.165, 1.54) is 0 Å². The number of fused-ring (bicyclic) bond motifs is 1. The normalized spacial score (nSPS) is 14.7. The second-order valence-electron chi connectivity index (χ2n) is 3.96. The van der Waals surface area contributed by atoms with Crippen LogP contribution in [0.5, 0.6) is 0 Å². The SMILES string of the molecule is Clc1ccc(Cl)c(-c2n[nH]c3c2COCC3)c1. The Morgan fingerprint density at radius 2 is 2.18 bits per heavy atom. The van der Waals surface area contributed by atoms with Gasteiger partial charge < -0.3 is 4.74 Å². The Hall–Kier alpha value is -1.03. The van der Waals surface area contributed by atoms with Crippen LogP contribution in [0.2, 0.25) is 10.0 Å². The van der Waals surface area contributed by atoms with E-state index in [2.05, 4.69) is 10.2 Å². The highest BCUT2D eigenvalue weighted by Gasteiger charge is 2.20. The van der Waals surface area contributed by atoms with Gasteiger partial charge in [0.15, 0.2) is 0 Å². The van der Waals surface area contributed by atoms with E-state index in [-0.39, 0.29) is 0 Å². The maximum absolute atomic E-state index is 6.18. The predicted octanol–water partition coefficient (Wildman–Crippen LogP) is 3.46. The first-order valence-corrected chi connectivity index (χ1v) is 6.10. The molecular formula is C12H10Cl2N2O. The lowest BCUT2D eigenvalue weighted by Crippen LogP contribution is -2.08. The van der Waals surface area contributed by atoms with Gasteiger partial charge >= 0.3 is 0 Å². The van der Waals surface area contributed by atoms with E-state index < -0.39 is 0 Å². The third kappa shape index (κ3) is 1.95. The minimum Gasteiger partial charge on any atom is -0.376 e. The van der Waals surface area contributed by atoms with Crippen LogP contribution >= 0.6 is 23.2 Å². The number of rotatable bonds is 1. The van der Waals surface area contributed by atoms with Crippen molar-refractivity contribution < 1.29 is 4.74 Å². The second-order valence-corrected chi connectivity index (χ2v) is 4.80. The fraction of sp³-hybridized carbons (Fsp3) is 0.250. The van der Waals surface area contributed by atoms with E-state index >= 15 is 0 Å². The molecule has 0 radical (unpaired) electrons. The summed E-state index contributed by atoms with van der Waals surface area (Å²) < 4.78 is 5.45. The Morgan fingerprint density at radius 3 is 3.06 bits per heavy atom. The van der Waals surface area contributed by atoms with Crippen LogP contribution in [0.15, 0.2) is 18.2 Å². The number of aromatic nitrogens is 2. The van der Waals surface area contributed by atoms with Crippen LogP contribution in [0.1, 0.15) is 11.3 Å². The lowest BCUT2D eigenvalue weighted by atomic mass is 10.0. The van der Waals surface area contributed by atoms with Crippen LogP contribution in [0, 0.1) is 0 Å². The van der Waals surface area contributed by atoms with Gasteiger partial charge in [-0.25, -0.2) is 0 Å². The number of H-pyrrole nitrogens is 1. The number of nitrogens with zero attached hydrogens (tertiary/aromatic N) is 1. The fourth-order valence-electron chi connectivity index (χ4n) is 2.01. The molecule has 0 atom stereocenters. The van der Waals surface area contributed by atoms with Gasteiger partial charge in [-0.3, -0.25) is 5.10 Å². The standard InChI is InChI=1S/C12H10Cl2N2O/c13-7-1-2-10(14)8(5-7)12-9-6-17-4-3-11(9)15-16-12/h1-2,5H,3-4,6H2,(H,15,16). The van der Waals surface area contributed by atoms with Crippen LogP contribution in [0.4, 0.5) is 0 Å². The molecule has 0 amide bonds. The van der Waals surface area contributed by atoms with E-state index in [0.717, 1.165) is 35.5 Å². The molecule has 0 bridgehead atoms. The number of hydrogen-bond donors (Lipinski definition) is 1. The molecule has 0 saturated carbocycles. The predicted molar refractivity (Wildman–Crippen MR) is 67.4 cm³/mol. The van der Waals surface area contributed by atoms with Crippen molar-refractivity contribution in [3.63, 3.8) is 0 Å². The van der Waals surface area contributed by atoms with Crippen LogP contribution in [-0.4, -0.2) is 16.8 Å². The zero-order valence-electron chi connectivity index (χ0n) is 8.96. The molecule has 1 aromatic carbocycles. The van der Waals surface area contributed by atoms with Gasteiger partial charge in [-0.1, -0.05) is 23.2 Å². The molecule has 0 spiro atoms. The minimum atomic E-state index is 0.573. The average molecular weight is 269 g/mol. The zero-order chi connectivity index (χ0) is 11.8. The summed E-state index contributed by atoms with van der Waals surface area (Å²) in [6, 6.07) is 5.38. The van der Waals surface area contributed by atoms with Crippen molar-refractivity contribution in [1.82, 2.24) is 10.2 Å². The molecule has 88 valence electrons. The van der Waals surface area contributed by atoms with Crippen LogP contribution in [0.3, 0.4) is 0 Å². The van der Waals surface area contributed by atoms with E-state index in [0.29, 0.717) is 16.7 Å². The highest BCUT2D eigenvalue weighted by atomic mass is 35.5. The summed E-state index contributed by atoms with van der Waals surface area (Å²) in [5, 5.41) is 8.66. The third-order valence-corrected chi connectivity index (χ3v) is 3.44. The Morgan fingerprint density at radius 1 is 1.29 bits per heavy atom. The Balaban J connectivity index is 2.15. The van der Waals surface area contributed by atoms with Gasteiger partial charge in [0.1, 0.15) is 0 Å². The Kier molecular flexibility index (Phi) is 2.82. The van der Waals surface area contributed by atoms with Crippen molar-refractivity contribution in [1.29, 1.82) is 0 Å². The maximum atomic E-state index is 6.18. The number of hydrogen-bond acceptors (Lipinski definition) is 2. The molecule has 3 rings (SSSR count). The highest BCUT2D eigenvalue weighted by Crippen LogP contribution is 2.33. The van der Waals surface area contributed by atoms with Gasteiger partial charge in [0.25, 0.3) is 0 Å². The van der Waals surface area contributed by atoms with Crippen molar-refractivity contribution >= 4 is 23.2 Å². The average Bonchev–Trinajstić information content (AvgIpc) is 2.76. The molecule has 3 nitrogen and oxygen atoms in total. The first-order chi connectivity index (χ1) is 8.25. The Labute approximate surface area is 109 Å². The molecule has 1 aromatic heterocycles. The van der Waals surface area contributed by atoms with E-state index in [9.17, 15) is 0 Å². The van der Waals surface area contributed by atoms with E-state index in [1.807, 2.05) is 6.07 Å². The highest BCUT2D eigenvalue weighted by molar-refractivity contribution is 6.35. The summed E-state index contributed by atoms with van der Waals surface area (Å²) >= 11 is 12.2. The first kappa shape index (κ1) is 11.1. The number of benzene rings is 1. The summed E-state index contributed by atoms with van der Waals surface area (Å²) in [4.78, 5) is 0. The molecule has 2 heterocycles. The summed E-state index contributed by atoms with van der Waals surface area (Å²) in [5.41, 5.74) is 3.90. The van der Waals surface area contributed by atoms with Crippen LogP contribution in [0.25, 0.3) is 11.3 Å². The molecule has 0 unspecified atom stereocenters. The smallest absolute Gasteiger partial charge is 0.0994 e. The maximum Gasteiger partial charge on any atom is 0.0994 e. The van der Waals surface area contributed by atoms with Crippen molar-refractivity contribution in [2.75, 3.05) is 6.61 Å². The van der Waals surface area contributed by atoms with Crippen molar-refractivity contribution in [3.8, 4) is 11.3 Å². The fourth-order valence-corrected chi connectivity index (χ4v) is 2.39. The second kappa shape index (κ2) is 4.33. The van der Waals surface area contributed by atoms with Gasteiger partial charge in [-0.2, -0.15) is 5.10 Å². The minimum absolute atomic E-state index is 0.573. The van der Waals surface area contributed by atoms with Crippen LogP contribution in [-0.2, 0) is 17.8 Å². The summed E-state index contributed by atoms with van der Waals surface area (Å²) in [5.74, 6) is 0. The molecule has 5 heteroatoms. The van der Waals surface area contributed by atoms with Gasteiger partial charge in [0.2, 0.25) is 0 Å². The molecule has 1 aliphatic heterocycles. The third-order valence-electron chi connectivity index (χ3n) is 2.88. The van der Waals surface area contributed by atoms with E-state index in [1.54, 1.807) is 12.1 Å². The number of aromatic amines is 1. The molecule has 1 N–H and O–H groups in total. The van der Waals surface area contributed by atoms with E-state index in [4.69, 9.17) is 27.9 Å². The van der Waals surface area contributed by atoms with Gasteiger partial charge in [-0.05, 0) is 18.2 Å². The molecule has 0 fully saturated rings. The molecule has 17 heavy (non-hydrogen) atoms. The quantitative estimate of drug-likeness (QED) is 0.860. The van der Waals surface area contributed by atoms with Gasteiger partial charge in [-0.15, -0.1) is 0 Å². The zero-order valence-corrected chi connectivity index (χ0v) is 10.5. The van der Waals surface area contributed by atoms with Gasteiger partial charge in [0.05, 0.1) is 23.9 Å². The van der Waals surface area contributed by atoms with Crippen molar-refractivity contribution in [3.05, 3.63) is 39.5 Å². The molecule has 0 saturated heterocycles. The lowest BCUT2D eigenvalue weighted by molar-refractivity contribution is 0.110. The monoisotopic (exact) mass is 268 g/mol. The van der Waals surface area contributed by atoms with Crippen molar-refractivity contribution in [2.24, 2.45) is 0 Å². The Bertz CT molecular complexity index is 566. The molecule has 2 aromatic rings. The lowest BCUT2D eigenvalue weighted by Gasteiger charge is -2.12. The molecule has 0 aliphatic carbocycles. The molecular weight excluding hydrogens is 259 g/mol. The first-order valence-electron chi connectivity index (χ1n) is 5.35. The van der Waals surface area contributed by atoms with Gasteiger partial charge in [0, 0.05) is 28.3 Å². The topological polar surface area (TPSA) is 37.9 Å². The summed E-state index contributed by atoms with van der Waals surface area (Å²) in [7, 11) is 0. The largest absolute Gasteiger partial charge is 0.376 e. The number of ether oxygens (including phenoxy) is 1.